The van der Waals surface area contributed by atoms with Gasteiger partial charge in [0.05, 0.1) is 5.52 Å². The largest absolute Gasteiger partial charge is 0.355 e. The molecular weight excluding hydrogens is 735 g/mol. The molecule has 0 atom stereocenters. The minimum absolute atomic E-state index is 0.111. The van der Waals surface area contributed by atoms with Gasteiger partial charge < -0.3 is 9.88 Å². The fourth-order valence-electron chi connectivity index (χ4n) is 10.6. The predicted molar refractivity (Wildman–Crippen MR) is 262 cm³/mol. The van der Waals surface area contributed by atoms with E-state index in [0.717, 1.165) is 11.4 Å². The molecule has 0 fully saturated rings. The van der Waals surface area contributed by atoms with Crippen molar-refractivity contribution in [1.82, 2.24) is 4.57 Å². The van der Waals surface area contributed by atoms with E-state index in [1.165, 1.54) is 117 Å². The Balaban J connectivity index is 1.13. The van der Waals surface area contributed by atoms with Crippen molar-refractivity contribution in [3.63, 3.8) is 0 Å². The van der Waals surface area contributed by atoms with Gasteiger partial charge in [0.15, 0.2) is 7.28 Å². The molecular formula is C58H46BN2. The van der Waals surface area contributed by atoms with Crippen LogP contribution >= 0.6 is 0 Å². The van der Waals surface area contributed by atoms with Gasteiger partial charge in [0.2, 0.25) is 0 Å². The fourth-order valence-corrected chi connectivity index (χ4v) is 10.6. The number of fused-ring (bicyclic) bond motifs is 9. The van der Waals surface area contributed by atoms with Crippen LogP contribution in [0.3, 0.4) is 0 Å². The van der Waals surface area contributed by atoms with Crippen LogP contribution in [0.15, 0.2) is 176 Å². The van der Waals surface area contributed by atoms with Crippen molar-refractivity contribution in [2.24, 2.45) is 0 Å². The summed E-state index contributed by atoms with van der Waals surface area (Å²) >= 11 is 0. The monoisotopic (exact) mass is 781 g/mol. The van der Waals surface area contributed by atoms with Crippen LogP contribution in [0.2, 0.25) is 0 Å². The Morgan fingerprint density at radius 3 is 1.85 bits per heavy atom. The van der Waals surface area contributed by atoms with E-state index in [9.17, 15) is 0 Å². The summed E-state index contributed by atoms with van der Waals surface area (Å²) in [6.07, 6.45) is 2.38. The van der Waals surface area contributed by atoms with Gasteiger partial charge >= 0.3 is 0 Å². The van der Waals surface area contributed by atoms with Crippen LogP contribution < -0.4 is 16.2 Å². The zero-order valence-corrected chi connectivity index (χ0v) is 35.2. The van der Waals surface area contributed by atoms with Gasteiger partial charge in [-0.25, -0.2) is 0 Å². The Bertz CT molecular complexity index is 3410. The maximum Gasteiger partial charge on any atom is 0.197 e. The maximum absolute atomic E-state index is 4.03. The van der Waals surface area contributed by atoms with Crippen molar-refractivity contribution < 1.29 is 0 Å². The molecule has 0 spiro atoms. The molecule has 1 radical (unpaired) electrons. The molecule has 0 saturated carbocycles. The van der Waals surface area contributed by atoms with Crippen molar-refractivity contribution in [2.75, 3.05) is 5.32 Å². The number of nitrogens with zero attached hydrogens (tertiary/aromatic N) is 1. The summed E-state index contributed by atoms with van der Waals surface area (Å²) in [7, 11) is 2.48. The highest BCUT2D eigenvalue weighted by Crippen LogP contribution is 2.48. The summed E-state index contributed by atoms with van der Waals surface area (Å²) in [5, 5.41) is 11.5. The standard InChI is InChI=1S/C58H46BN2/c1-57(2)27-28-58(3,4)50-35-43(24-25-49(50)57)60-52-34-39-20-12-11-19-38(39)29-45(52)47-31-41-21-13-14-22-44(41)56-54(47)59-51-33-42(37-17-9-6-10-18-37)32-48-46-30-40(36-15-7-5-8-16-36)23-26-53(46)61(56)55(48)51/h5-26,29-35,60H,27-28H2,1-4H3. The zero-order valence-electron chi connectivity index (χ0n) is 35.2. The Morgan fingerprint density at radius 2 is 1.10 bits per heavy atom. The molecule has 1 aliphatic heterocycles. The third-order valence-corrected chi connectivity index (χ3v) is 14.0. The zero-order chi connectivity index (χ0) is 41.0. The highest BCUT2D eigenvalue weighted by atomic mass is 15.0. The van der Waals surface area contributed by atoms with Gasteiger partial charge in [-0.1, -0.05) is 161 Å². The molecule has 0 unspecified atom stereocenters. The van der Waals surface area contributed by atoms with Gasteiger partial charge in [-0.15, -0.1) is 0 Å². The lowest BCUT2D eigenvalue weighted by molar-refractivity contribution is 0.332. The second-order valence-electron chi connectivity index (χ2n) is 18.7. The molecule has 2 aliphatic rings. The van der Waals surface area contributed by atoms with Crippen molar-refractivity contribution in [3.8, 4) is 39.1 Å². The molecule has 1 aromatic heterocycles. The van der Waals surface area contributed by atoms with Crippen LogP contribution in [0.25, 0.3) is 82.4 Å². The van der Waals surface area contributed by atoms with Crippen molar-refractivity contribution >= 4 is 72.9 Å². The molecule has 9 aromatic carbocycles. The second-order valence-corrected chi connectivity index (χ2v) is 18.7. The molecule has 291 valence electrons. The quantitative estimate of drug-likeness (QED) is 0.172. The molecule has 2 nitrogen and oxygen atoms in total. The molecule has 10 aromatic rings. The van der Waals surface area contributed by atoms with E-state index in [1.807, 2.05) is 0 Å². The number of aromatic nitrogens is 1. The van der Waals surface area contributed by atoms with Crippen molar-refractivity contribution in [2.45, 2.75) is 51.4 Å². The highest BCUT2D eigenvalue weighted by Gasteiger charge is 2.37. The first kappa shape index (κ1) is 36.1. The number of anilines is 2. The number of hydrogen-bond donors (Lipinski definition) is 1. The van der Waals surface area contributed by atoms with E-state index in [1.54, 1.807) is 0 Å². The fraction of sp³-hybridized carbons (Fsp3) is 0.138. The lowest BCUT2D eigenvalue weighted by Gasteiger charge is -2.42. The van der Waals surface area contributed by atoms with Gasteiger partial charge in [-0.3, -0.25) is 0 Å². The van der Waals surface area contributed by atoms with E-state index in [4.69, 9.17) is 0 Å². The first-order valence-electron chi connectivity index (χ1n) is 21.8. The topological polar surface area (TPSA) is 17.0 Å². The summed E-state index contributed by atoms with van der Waals surface area (Å²) < 4.78 is 2.58. The molecule has 1 aliphatic carbocycles. The van der Waals surface area contributed by atoms with Crippen molar-refractivity contribution in [3.05, 3.63) is 187 Å². The molecule has 0 bridgehead atoms. The second kappa shape index (κ2) is 13.3. The molecule has 0 amide bonds. The highest BCUT2D eigenvalue weighted by molar-refractivity contribution is 6.74. The van der Waals surface area contributed by atoms with E-state index in [2.05, 4.69) is 221 Å². The molecule has 3 heteroatoms. The Hall–Kier alpha value is -6.84. The average Bonchev–Trinajstić information content (AvgIpc) is 3.62. The summed E-state index contributed by atoms with van der Waals surface area (Å²) in [6.45, 7) is 9.63. The third-order valence-electron chi connectivity index (χ3n) is 14.0. The minimum Gasteiger partial charge on any atom is -0.355 e. The first-order chi connectivity index (χ1) is 29.7. The maximum atomic E-state index is 4.03. The molecule has 12 rings (SSSR count). The Kier molecular flexibility index (Phi) is 7.88. The van der Waals surface area contributed by atoms with E-state index in [0.29, 0.717) is 0 Å². The third kappa shape index (κ3) is 5.71. The predicted octanol–water partition coefficient (Wildman–Crippen LogP) is 14.2. The lowest BCUT2D eigenvalue weighted by atomic mass is 9.58. The summed E-state index contributed by atoms with van der Waals surface area (Å²) in [6, 6.07) is 65.6. The number of hydrogen-bond acceptors (Lipinski definition) is 1. The normalized spacial score (nSPS) is 14.8. The van der Waals surface area contributed by atoms with Gasteiger partial charge in [-0.05, 0) is 133 Å². The Morgan fingerprint density at radius 1 is 0.475 bits per heavy atom. The van der Waals surface area contributed by atoms with Gasteiger partial charge in [-0.2, -0.15) is 0 Å². The van der Waals surface area contributed by atoms with E-state index < -0.39 is 0 Å². The smallest absolute Gasteiger partial charge is 0.197 e. The van der Waals surface area contributed by atoms with E-state index in [-0.39, 0.29) is 10.8 Å². The molecule has 61 heavy (non-hydrogen) atoms. The van der Waals surface area contributed by atoms with Crippen LogP contribution in [0.4, 0.5) is 11.4 Å². The van der Waals surface area contributed by atoms with Gasteiger partial charge in [0, 0.05) is 44.3 Å². The van der Waals surface area contributed by atoms with Crippen LogP contribution in [-0.2, 0) is 10.8 Å². The summed E-state index contributed by atoms with van der Waals surface area (Å²) in [5.74, 6) is 0. The minimum atomic E-state index is 0.111. The Labute approximate surface area is 358 Å². The van der Waals surface area contributed by atoms with Crippen LogP contribution in [0.5, 0.6) is 0 Å². The SMILES string of the molecule is CC1(C)CCC(C)(C)c2cc(Nc3cc4ccccc4cc3-c3cc4ccccc4c4c3[B]c3cc(-c5ccccc5)cc5c6cc(-c7ccccc7)ccc6n-4c35)ccc21. The lowest BCUT2D eigenvalue weighted by Crippen LogP contribution is -2.37. The van der Waals surface area contributed by atoms with Crippen molar-refractivity contribution in [1.29, 1.82) is 0 Å². The van der Waals surface area contributed by atoms with Gasteiger partial charge in [0.1, 0.15) is 0 Å². The van der Waals surface area contributed by atoms with Crippen LogP contribution in [0.1, 0.15) is 51.7 Å². The van der Waals surface area contributed by atoms with E-state index >= 15 is 0 Å². The summed E-state index contributed by atoms with van der Waals surface area (Å²) in [5.41, 5.74) is 18.9. The molecule has 0 saturated heterocycles. The number of benzene rings is 9. The first-order valence-corrected chi connectivity index (χ1v) is 21.8. The molecule has 1 N–H and O–H groups in total. The number of nitrogens with one attached hydrogen (secondary N) is 1. The van der Waals surface area contributed by atoms with Gasteiger partial charge in [0.25, 0.3) is 0 Å². The average molecular weight is 782 g/mol. The summed E-state index contributed by atoms with van der Waals surface area (Å²) in [4.78, 5) is 0. The van der Waals surface area contributed by atoms with Crippen LogP contribution in [-0.4, -0.2) is 11.8 Å². The van der Waals surface area contributed by atoms with Crippen LogP contribution in [0, 0.1) is 0 Å². The molecule has 2 heterocycles. The number of rotatable bonds is 5.